The number of imidazole rings is 4. The number of fused-ring (bicyclic) bond motifs is 9. The summed E-state index contributed by atoms with van der Waals surface area (Å²) in [5, 5.41) is 2.29. The SMILES string of the molecule is [Pt+2].[c-]1c(-n2cc(-c3ccccc3)n3ccnc23)cccc1-n1c2[c-]c(-n3c4ccccc4n4c5ccccc5nc34)ccc2c2ccccc21. The van der Waals surface area contributed by atoms with Crippen LogP contribution in [-0.2, 0) is 21.1 Å². The summed E-state index contributed by atoms with van der Waals surface area (Å²) in [7, 11) is 0. The van der Waals surface area contributed by atoms with Gasteiger partial charge in [-0.25, -0.2) is 9.97 Å². The van der Waals surface area contributed by atoms with Crippen molar-refractivity contribution in [2.45, 2.75) is 0 Å². The van der Waals surface area contributed by atoms with Crippen molar-refractivity contribution >= 4 is 55.4 Å². The Morgan fingerprint density at radius 3 is 2.12 bits per heavy atom. The molecule has 0 atom stereocenters. The van der Waals surface area contributed by atoms with E-state index in [1.807, 2.05) is 24.5 Å². The van der Waals surface area contributed by atoms with Crippen molar-refractivity contribution in [2.75, 3.05) is 0 Å². The van der Waals surface area contributed by atoms with Gasteiger partial charge in [-0.1, -0.05) is 95.4 Å². The second kappa shape index (κ2) is 10.9. The van der Waals surface area contributed by atoms with Gasteiger partial charge in [-0.05, 0) is 35.7 Å². The van der Waals surface area contributed by atoms with Gasteiger partial charge in [0.1, 0.15) is 0 Å². The van der Waals surface area contributed by atoms with Gasteiger partial charge in [0, 0.05) is 29.7 Å². The monoisotopic (exact) mass is 822 g/mol. The van der Waals surface area contributed by atoms with Gasteiger partial charge in [-0.15, -0.1) is 35.7 Å². The van der Waals surface area contributed by atoms with E-state index in [0.717, 1.165) is 83.7 Å². The summed E-state index contributed by atoms with van der Waals surface area (Å²) in [6.45, 7) is 0. The molecule has 0 aliphatic rings. The van der Waals surface area contributed by atoms with Crippen LogP contribution in [0, 0.1) is 12.1 Å². The van der Waals surface area contributed by atoms with Crippen LogP contribution in [0.15, 0.2) is 152 Å². The van der Waals surface area contributed by atoms with Gasteiger partial charge in [0.15, 0.2) is 0 Å². The van der Waals surface area contributed by atoms with Crippen molar-refractivity contribution < 1.29 is 21.1 Å². The molecule has 0 amide bonds. The Kier molecular flexibility index (Phi) is 6.29. The molecule has 0 N–H and O–H groups in total. The fourth-order valence-corrected chi connectivity index (χ4v) is 7.47. The summed E-state index contributed by atoms with van der Waals surface area (Å²) in [6.07, 6.45) is 5.99. The van der Waals surface area contributed by atoms with E-state index in [1.54, 1.807) is 0 Å². The molecule has 5 heterocycles. The van der Waals surface area contributed by atoms with Crippen LogP contribution in [0.25, 0.3) is 83.7 Å². The van der Waals surface area contributed by atoms with Crippen LogP contribution in [0.3, 0.4) is 0 Å². The Hall–Kier alpha value is -6.17. The molecule has 11 rings (SSSR count). The van der Waals surface area contributed by atoms with Gasteiger partial charge < -0.3 is 13.7 Å². The summed E-state index contributed by atoms with van der Waals surface area (Å²) in [4.78, 5) is 9.83. The Bertz CT molecular complexity index is 3060. The molecule has 0 saturated heterocycles. The molecule has 8 heteroatoms. The number of para-hydroxylation sites is 5. The molecule has 238 valence electrons. The molecular formula is C42H25N7Pt. The van der Waals surface area contributed by atoms with E-state index in [4.69, 9.17) is 9.97 Å². The molecule has 50 heavy (non-hydrogen) atoms. The summed E-state index contributed by atoms with van der Waals surface area (Å²) >= 11 is 0. The van der Waals surface area contributed by atoms with Gasteiger partial charge in [-0.3, -0.25) is 8.80 Å². The predicted octanol–water partition coefficient (Wildman–Crippen LogP) is 9.23. The minimum atomic E-state index is 0. The quantitative estimate of drug-likeness (QED) is 0.166. The summed E-state index contributed by atoms with van der Waals surface area (Å²) in [6, 6.07) is 54.0. The van der Waals surface area contributed by atoms with Crippen molar-refractivity contribution in [3.8, 4) is 28.3 Å². The third-order valence-corrected chi connectivity index (χ3v) is 9.60. The van der Waals surface area contributed by atoms with Gasteiger partial charge in [0.25, 0.3) is 0 Å². The van der Waals surface area contributed by atoms with Crippen molar-refractivity contribution in [1.82, 2.24) is 32.5 Å². The second-order valence-corrected chi connectivity index (χ2v) is 12.3. The Labute approximate surface area is 300 Å². The van der Waals surface area contributed by atoms with Crippen LogP contribution < -0.4 is 0 Å². The summed E-state index contributed by atoms with van der Waals surface area (Å²) in [5.74, 6) is 1.69. The summed E-state index contributed by atoms with van der Waals surface area (Å²) in [5.41, 5.74) is 11.2. The first-order valence-corrected chi connectivity index (χ1v) is 16.3. The maximum Gasteiger partial charge on any atom is 2.00 e. The standard InChI is InChI=1S/C42H25N7.Pt/c1-2-11-28(12-3-1)40-27-46(41-43-23-24-45(40)41)29-13-10-14-30(25-29)47-35-17-6-4-15-32(35)33-22-21-31(26-39(33)47)48-37-19-8-9-20-38(37)49-36-18-7-5-16-34(36)44-42(48)49;/h1-24,27H;/q-2;+2. The van der Waals surface area contributed by atoms with Crippen molar-refractivity contribution in [2.24, 2.45) is 0 Å². The third-order valence-electron chi connectivity index (χ3n) is 9.60. The molecule has 0 spiro atoms. The first-order chi connectivity index (χ1) is 24.3. The van der Waals surface area contributed by atoms with Crippen LogP contribution in [0.5, 0.6) is 0 Å². The van der Waals surface area contributed by atoms with Gasteiger partial charge >= 0.3 is 21.1 Å². The first kappa shape index (κ1) is 28.8. The molecular weight excluding hydrogens is 798 g/mol. The molecule has 7 nitrogen and oxygen atoms in total. The van der Waals surface area contributed by atoms with Gasteiger partial charge in [0.05, 0.1) is 27.8 Å². The molecule has 0 aliphatic heterocycles. The van der Waals surface area contributed by atoms with E-state index in [-0.39, 0.29) is 21.1 Å². The van der Waals surface area contributed by atoms with Crippen molar-refractivity contribution in [3.05, 3.63) is 164 Å². The average Bonchev–Trinajstić information content (AvgIpc) is 3.97. The van der Waals surface area contributed by atoms with E-state index in [9.17, 15) is 0 Å². The van der Waals surface area contributed by atoms with E-state index in [2.05, 4.69) is 162 Å². The molecule has 5 aromatic heterocycles. The van der Waals surface area contributed by atoms with Crippen LogP contribution in [0.4, 0.5) is 0 Å². The number of rotatable bonds is 4. The smallest absolute Gasteiger partial charge is 0.358 e. The number of hydrogen-bond donors (Lipinski definition) is 0. The van der Waals surface area contributed by atoms with Crippen molar-refractivity contribution in [3.63, 3.8) is 0 Å². The minimum Gasteiger partial charge on any atom is -0.358 e. The number of aromatic nitrogens is 7. The van der Waals surface area contributed by atoms with Gasteiger partial charge in [-0.2, -0.15) is 12.1 Å². The van der Waals surface area contributed by atoms with Crippen LogP contribution >= 0.6 is 0 Å². The fraction of sp³-hybridized carbons (Fsp3) is 0. The normalized spacial score (nSPS) is 11.8. The number of hydrogen-bond acceptors (Lipinski definition) is 2. The fourth-order valence-electron chi connectivity index (χ4n) is 7.47. The third kappa shape index (κ3) is 4.01. The van der Waals surface area contributed by atoms with Crippen molar-refractivity contribution in [1.29, 1.82) is 0 Å². The van der Waals surface area contributed by atoms with E-state index < -0.39 is 0 Å². The predicted molar refractivity (Wildman–Crippen MR) is 195 cm³/mol. The maximum absolute atomic E-state index is 5.10. The van der Waals surface area contributed by atoms with Crippen LogP contribution in [-0.4, -0.2) is 32.5 Å². The zero-order valence-corrected chi connectivity index (χ0v) is 28.7. The van der Waals surface area contributed by atoms with Crippen LogP contribution in [0.1, 0.15) is 0 Å². The Morgan fingerprint density at radius 2 is 1.24 bits per heavy atom. The molecule has 0 radical (unpaired) electrons. The van der Waals surface area contributed by atoms with E-state index in [0.29, 0.717) is 0 Å². The van der Waals surface area contributed by atoms with E-state index >= 15 is 0 Å². The molecule has 0 aliphatic carbocycles. The Balaban J connectivity index is 0.00000316. The number of benzene rings is 6. The van der Waals surface area contributed by atoms with Gasteiger partial charge in [0.2, 0.25) is 11.6 Å². The Morgan fingerprint density at radius 1 is 0.520 bits per heavy atom. The molecule has 0 saturated carbocycles. The molecule has 6 aromatic carbocycles. The second-order valence-electron chi connectivity index (χ2n) is 12.3. The largest absolute Gasteiger partial charge is 2.00 e. The topological polar surface area (TPSA) is 49.4 Å². The maximum atomic E-state index is 5.10. The zero-order chi connectivity index (χ0) is 32.1. The molecule has 0 bridgehead atoms. The zero-order valence-electron chi connectivity index (χ0n) is 26.4. The van der Waals surface area contributed by atoms with Crippen LogP contribution in [0.2, 0.25) is 0 Å². The first-order valence-electron chi connectivity index (χ1n) is 16.3. The molecule has 0 fully saturated rings. The van der Waals surface area contributed by atoms with E-state index in [1.165, 1.54) is 0 Å². The molecule has 11 aromatic rings. The summed E-state index contributed by atoms with van der Waals surface area (Å²) < 4.78 is 11.0. The average molecular weight is 823 g/mol. The minimum absolute atomic E-state index is 0. The number of nitrogens with zero attached hydrogens (tertiary/aromatic N) is 7. The molecule has 0 unspecified atom stereocenters.